The quantitative estimate of drug-likeness (QED) is 0.473. The number of esters is 1. The van der Waals surface area contributed by atoms with Gasteiger partial charge in [-0.25, -0.2) is 9.89 Å². The van der Waals surface area contributed by atoms with E-state index < -0.39 is 24.0 Å². The zero-order chi connectivity index (χ0) is 21.6. The molecule has 1 aromatic heterocycles. The zero-order valence-corrected chi connectivity index (χ0v) is 16.4. The molecule has 31 heavy (non-hydrogen) atoms. The highest BCUT2D eigenvalue weighted by Gasteiger charge is 2.20. The van der Waals surface area contributed by atoms with E-state index in [4.69, 9.17) is 4.74 Å². The summed E-state index contributed by atoms with van der Waals surface area (Å²) in [6.07, 6.45) is 0. The summed E-state index contributed by atoms with van der Waals surface area (Å²) in [5, 5.41) is 9.67. The third kappa shape index (κ3) is 4.51. The van der Waals surface area contributed by atoms with Crippen molar-refractivity contribution in [2.24, 2.45) is 0 Å². The van der Waals surface area contributed by atoms with E-state index in [9.17, 15) is 14.4 Å². The molecule has 0 radical (unpaired) electrons. The molecule has 0 aliphatic rings. The summed E-state index contributed by atoms with van der Waals surface area (Å²) in [6.45, 7) is -0.482. The second-order valence-electron chi connectivity index (χ2n) is 6.84. The number of fused-ring (bicyclic) bond motifs is 1. The maximum Gasteiger partial charge on any atom is 0.359 e. The SMILES string of the molecule is O=C(COC(=O)c1n[nH]c(=O)c2ccccc12)NC(c1ccccc1)c1ccccc1. The van der Waals surface area contributed by atoms with Gasteiger partial charge in [0.15, 0.2) is 12.3 Å². The highest BCUT2D eigenvalue weighted by molar-refractivity contribution is 6.02. The number of hydrogen-bond donors (Lipinski definition) is 2. The van der Waals surface area contributed by atoms with E-state index in [0.29, 0.717) is 10.8 Å². The van der Waals surface area contributed by atoms with Crippen molar-refractivity contribution in [2.75, 3.05) is 6.61 Å². The number of ether oxygens (including phenoxy) is 1. The van der Waals surface area contributed by atoms with Crippen molar-refractivity contribution < 1.29 is 14.3 Å². The molecule has 0 aliphatic carbocycles. The lowest BCUT2D eigenvalue weighted by molar-refractivity contribution is -0.124. The van der Waals surface area contributed by atoms with Crippen molar-refractivity contribution in [1.82, 2.24) is 15.5 Å². The first-order valence-corrected chi connectivity index (χ1v) is 9.67. The van der Waals surface area contributed by atoms with E-state index in [1.165, 1.54) is 0 Å². The Morgan fingerprint density at radius 3 is 2.00 bits per heavy atom. The molecule has 0 aliphatic heterocycles. The molecule has 0 atom stereocenters. The van der Waals surface area contributed by atoms with E-state index in [-0.39, 0.29) is 11.7 Å². The minimum absolute atomic E-state index is 0.0503. The molecule has 3 aromatic carbocycles. The van der Waals surface area contributed by atoms with Crippen molar-refractivity contribution in [3.63, 3.8) is 0 Å². The van der Waals surface area contributed by atoms with Gasteiger partial charge in [-0.2, -0.15) is 5.10 Å². The number of rotatable bonds is 6. The van der Waals surface area contributed by atoms with E-state index in [0.717, 1.165) is 11.1 Å². The summed E-state index contributed by atoms with van der Waals surface area (Å²) < 4.78 is 5.17. The Morgan fingerprint density at radius 1 is 0.839 bits per heavy atom. The van der Waals surface area contributed by atoms with E-state index in [1.807, 2.05) is 60.7 Å². The summed E-state index contributed by atoms with van der Waals surface area (Å²) >= 11 is 0. The van der Waals surface area contributed by atoms with Crippen LogP contribution in [0.15, 0.2) is 89.7 Å². The molecule has 0 saturated heterocycles. The number of amides is 1. The first kappa shape index (κ1) is 20.0. The maximum absolute atomic E-state index is 12.6. The molecule has 0 saturated carbocycles. The highest BCUT2D eigenvalue weighted by Crippen LogP contribution is 2.21. The molecule has 4 aromatic rings. The van der Waals surface area contributed by atoms with Gasteiger partial charge < -0.3 is 10.1 Å². The number of aromatic amines is 1. The molecule has 7 heteroatoms. The molecule has 4 rings (SSSR count). The normalized spacial score (nSPS) is 10.7. The van der Waals surface area contributed by atoms with Gasteiger partial charge in [0.25, 0.3) is 11.5 Å². The van der Waals surface area contributed by atoms with Gasteiger partial charge in [0, 0.05) is 5.39 Å². The number of benzene rings is 3. The van der Waals surface area contributed by atoms with E-state index in [1.54, 1.807) is 24.3 Å². The van der Waals surface area contributed by atoms with Crippen molar-refractivity contribution >= 4 is 22.6 Å². The molecule has 0 spiro atoms. The first-order valence-electron chi connectivity index (χ1n) is 9.67. The van der Waals surface area contributed by atoms with Crippen LogP contribution >= 0.6 is 0 Å². The summed E-state index contributed by atoms with van der Waals surface area (Å²) in [5.74, 6) is -1.25. The fourth-order valence-electron chi connectivity index (χ4n) is 3.32. The fraction of sp³-hybridized carbons (Fsp3) is 0.0833. The van der Waals surface area contributed by atoms with Crippen LogP contribution in [0.1, 0.15) is 27.7 Å². The topological polar surface area (TPSA) is 101 Å². The standard InChI is InChI=1S/C24H19N3O4/c28-20(25-21(16-9-3-1-4-10-16)17-11-5-2-6-12-17)15-31-24(30)22-18-13-7-8-14-19(18)23(29)27-26-22/h1-14,21H,15H2,(H,25,28)(H,27,29). The van der Waals surface area contributed by atoms with Crippen LogP contribution in [0.5, 0.6) is 0 Å². The van der Waals surface area contributed by atoms with Crippen LogP contribution in [0.3, 0.4) is 0 Å². The second kappa shape index (κ2) is 9.04. The summed E-state index contributed by atoms with van der Waals surface area (Å²) in [6, 6.07) is 25.2. The molecular weight excluding hydrogens is 394 g/mol. The van der Waals surface area contributed by atoms with Gasteiger partial charge in [-0.05, 0) is 17.2 Å². The Bertz CT molecular complexity index is 1230. The highest BCUT2D eigenvalue weighted by atomic mass is 16.5. The van der Waals surface area contributed by atoms with E-state index in [2.05, 4.69) is 15.5 Å². The third-order valence-electron chi connectivity index (χ3n) is 4.79. The number of hydrogen-bond acceptors (Lipinski definition) is 5. The fourth-order valence-corrected chi connectivity index (χ4v) is 3.32. The van der Waals surface area contributed by atoms with Crippen molar-refractivity contribution in [1.29, 1.82) is 0 Å². The van der Waals surface area contributed by atoms with Gasteiger partial charge in [-0.3, -0.25) is 9.59 Å². The number of nitrogens with one attached hydrogen (secondary N) is 2. The van der Waals surface area contributed by atoms with Crippen LogP contribution in [0.2, 0.25) is 0 Å². The lowest BCUT2D eigenvalue weighted by Crippen LogP contribution is -2.33. The van der Waals surface area contributed by atoms with Gasteiger partial charge in [-0.1, -0.05) is 78.9 Å². The number of H-pyrrole nitrogens is 1. The lowest BCUT2D eigenvalue weighted by Gasteiger charge is -2.20. The van der Waals surface area contributed by atoms with Crippen molar-refractivity contribution in [3.8, 4) is 0 Å². The number of aromatic nitrogens is 2. The molecule has 2 N–H and O–H groups in total. The van der Waals surface area contributed by atoms with Crippen LogP contribution in [0, 0.1) is 0 Å². The molecule has 0 unspecified atom stereocenters. The van der Waals surface area contributed by atoms with Gasteiger partial charge in [0.1, 0.15) is 0 Å². The number of carbonyl (C=O) groups excluding carboxylic acids is 2. The predicted octanol–water partition coefficient (Wildman–Crippen LogP) is 2.99. The zero-order valence-electron chi connectivity index (χ0n) is 16.4. The van der Waals surface area contributed by atoms with Gasteiger partial charge in [-0.15, -0.1) is 0 Å². The maximum atomic E-state index is 12.6. The van der Waals surface area contributed by atoms with Crippen LogP contribution < -0.4 is 10.9 Å². The van der Waals surface area contributed by atoms with Gasteiger partial charge in [0.2, 0.25) is 0 Å². The van der Waals surface area contributed by atoms with Gasteiger partial charge in [0.05, 0.1) is 11.4 Å². The smallest absolute Gasteiger partial charge is 0.359 e. The summed E-state index contributed by atoms with van der Waals surface area (Å²) in [7, 11) is 0. The average Bonchev–Trinajstić information content (AvgIpc) is 2.82. The van der Waals surface area contributed by atoms with Crippen LogP contribution in [0.25, 0.3) is 10.8 Å². The Morgan fingerprint density at radius 2 is 1.39 bits per heavy atom. The third-order valence-corrected chi connectivity index (χ3v) is 4.79. The van der Waals surface area contributed by atoms with Gasteiger partial charge >= 0.3 is 5.97 Å². The lowest BCUT2D eigenvalue weighted by atomic mass is 9.99. The number of carbonyl (C=O) groups is 2. The average molecular weight is 413 g/mol. The second-order valence-corrected chi connectivity index (χ2v) is 6.84. The summed E-state index contributed by atoms with van der Waals surface area (Å²) in [5.41, 5.74) is 1.35. The summed E-state index contributed by atoms with van der Waals surface area (Å²) in [4.78, 5) is 37.0. The van der Waals surface area contributed by atoms with Crippen molar-refractivity contribution in [3.05, 3.63) is 112 Å². The monoisotopic (exact) mass is 413 g/mol. The largest absolute Gasteiger partial charge is 0.451 e. The Hall–Kier alpha value is -4.26. The van der Waals surface area contributed by atoms with Crippen LogP contribution in [-0.2, 0) is 9.53 Å². The molecule has 1 amide bonds. The Balaban J connectivity index is 1.49. The van der Waals surface area contributed by atoms with E-state index >= 15 is 0 Å². The molecule has 0 bridgehead atoms. The first-order chi connectivity index (χ1) is 15.1. The Kier molecular flexibility index (Phi) is 5.84. The molecule has 0 fully saturated rings. The predicted molar refractivity (Wildman–Crippen MR) is 116 cm³/mol. The number of nitrogens with zero attached hydrogens (tertiary/aromatic N) is 1. The Labute approximate surface area is 177 Å². The molecular formula is C24H19N3O4. The van der Waals surface area contributed by atoms with Crippen LogP contribution in [0.4, 0.5) is 0 Å². The molecule has 7 nitrogen and oxygen atoms in total. The van der Waals surface area contributed by atoms with Crippen LogP contribution in [-0.4, -0.2) is 28.7 Å². The molecule has 154 valence electrons. The van der Waals surface area contributed by atoms with Crippen molar-refractivity contribution in [2.45, 2.75) is 6.04 Å². The minimum atomic E-state index is -0.793. The minimum Gasteiger partial charge on any atom is -0.451 e. The molecule has 1 heterocycles.